The summed E-state index contributed by atoms with van der Waals surface area (Å²) in [6.07, 6.45) is 0.878. The molecule has 1 aromatic carbocycles. The highest BCUT2D eigenvalue weighted by atomic mass is 16.5. The molecule has 5 nitrogen and oxygen atoms in total. The van der Waals surface area contributed by atoms with Crippen LogP contribution in [0.25, 0.3) is 10.9 Å². The van der Waals surface area contributed by atoms with E-state index in [-0.39, 0.29) is 0 Å². The van der Waals surface area contributed by atoms with Crippen molar-refractivity contribution >= 4 is 16.6 Å². The molecule has 0 amide bonds. The summed E-state index contributed by atoms with van der Waals surface area (Å²) in [4.78, 5) is 4.52. The van der Waals surface area contributed by atoms with E-state index in [1.807, 2.05) is 18.2 Å². The number of methoxy groups -OCH3 is 1. The number of rotatable bonds is 2. The van der Waals surface area contributed by atoms with Gasteiger partial charge in [0.1, 0.15) is 0 Å². The summed E-state index contributed by atoms with van der Waals surface area (Å²) in [5, 5.41) is 0.879. The average Bonchev–Trinajstić information content (AvgIpc) is 2.62. The van der Waals surface area contributed by atoms with Gasteiger partial charge in [0, 0.05) is 30.7 Å². The van der Waals surface area contributed by atoms with Crippen LogP contribution in [0.3, 0.4) is 0 Å². The molecule has 0 unspecified atom stereocenters. The van der Waals surface area contributed by atoms with Crippen LogP contribution >= 0.6 is 0 Å². The van der Waals surface area contributed by atoms with Gasteiger partial charge in [-0.2, -0.15) is 0 Å². The van der Waals surface area contributed by atoms with Crippen LogP contribution in [0.5, 0.6) is 11.5 Å². The predicted octanol–water partition coefficient (Wildman–Crippen LogP) is 2.12. The van der Waals surface area contributed by atoms with Crippen molar-refractivity contribution in [3.05, 3.63) is 23.9 Å². The van der Waals surface area contributed by atoms with Crippen molar-refractivity contribution < 1.29 is 14.2 Å². The maximum atomic E-state index is 6.07. The third-order valence-electron chi connectivity index (χ3n) is 3.06. The van der Waals surface area contributed by atoms with Crippen LogP contribution in [-0.4, -0.2) is 25.3 Å². The lowest BCUT2D eigenvalue weighted by molar-refractivity contribution is 0.182. The average molecular weight is 260 g/mol. The highest BCUT2D eigenvalue weighted by Gasteiger charge is 2.14. The number of pyridine rings is 1. The van der Waals surface area contributed by atoms with Crippen molar-refractivity contribution in [3.8, 4) is 11.5 Å². The number of anilines is 1. The topological polar surface area (TPSA) is 66.6 Å². The van der Waals surface area contributed by atoms with Crippen molar-refractivity contribution in [1.29, 1.82) is 0 Å². The Balaban J connectivity index is 2.14. The fourth-order valence-corrected chi connectivity index (χ4v) is 2.19. The van der Waals surface area contributed by atoms with Gasteiger partial charge in [-0.05, 0) is 12.1 Å². The molecule has 0 aliphatic carbocycles. The second-order valence-electron chi connectivity index (χ2n) is 4.50. The van der Waals surface area contributed by atoms with Gasteiger partial charge in [-0.15, -0.1) is 0 Å². The van der Waals surface area contributed by atoms with Crippen LogP contribution in [-0.2, 0) is 11.3 Å². The summed E-state index contributed by atoms with van der Waals surface area (Å²) < 4.78 is 16.4. The Kier molecular flexibility index (Phi) is 3.13. The third-order valence-corrected chi connectivity index (χ3v) is 3.06. The highest BCUT2D eigenvalue weighted by molar-refractivity contribution is 5.92. The predicted molar refractivity (Wildman–Crippen MR) is 72.5 cm³/mol. The molecular weight excluding hydrogens is 244 g/mol. The first-order valence-electron chi connectivity index (χ1n) is 6.25. The number of nitrogens with two attached hydrogens (primary N) is 1. The van der Waals surface area contributed by atoms with Crippen molar-refractivity contribution in [2.24, 2.45) is 0 Å². The van der Waals surface area contributed by atoms with Crippen molar-refractivity contribution in [2.75, 3.05) is 26.1 Å². The number of aromatic nitrogens is 1. The van der Waals surface area contributed by atoms with Gasteiger partial charge in [0.05, 0.1) is 31.0 Å². The van der Waals surface area contributed by atoms with Gasteiger partial charge in [-0.1, -0.05) is 0 Å². The van der Waals surface area contributed by atoms with Crippen molar-refractivity contribution in [1.82, 2.24) is 4.98 Å². The standard InChI is InChI=1S/C14H16N2O3/c1-17-8-9-5-11(15)10-6-13-14(7-12(10)16-9)19-4-2-3-18-13/h5-7H,2-4,8H2,1H3,(H2,15,16). The summed E-state index contributed by atoms with van der Waals surface area (Å²) in [5.74, 6) is 1.46. The maximum Gasteiger partial charge on any atom is 0.163 e. The van der Waals surface area contributed by atoms with E-state index in [4.69, 9.17) is 19.9 Å². The summed E-state index contributed by atoms with van der Waals surface area (Å²) in [5.41, 5.74) is 8.35. The molecule has 0 saturated heterocycles. The van der Waals surface area contributed by atoms with E-state index in [0.29, 0.717) is 25.5 Å². The maximum absolute atomic E-state index is 6.07. The van der Waals surface area contributed by atoms with E-state index < -0.39 is 0 Å². The molecule has 5 heteroatoms. The fraction of sp³-hybridized carbons (Fsp3) is 0.357. The number of benzene rings is 1. The molecule has 0 bridgehead atoms. The van der Waals surface area contributed by atoms with Gasteiger partial charge in [0.2, 0.25) is 0 Å². The fourth-order valence-electron chi connectivity index (χ4n) is 2.19. The zero-order valence-electron chi connectivity index (χ0n) is 10.8. The second-order valence-corrected chi connectivity index (χ2v) is 4.50. The Labute approximate surface area is 111 Å². The number of nitrogen functional groups attached to an aromatic ring is 1. The molecule has 3 rings (SSSR count). The minimum Gasteiger partial charge on any atom is -0.490 e. The quantitative estimate of drug-likeness (QED) is 0.896. The van der Waals surface area contributed by atoms with E-state index in [9.17, 15) is 0 Å². The first-order valence-corrected chi connectivity index (χ1v) is 6.25. The van der Waals surface area contributed by atoms with E-state index in [2.05, 4.69) is 4.98 Å². The van der Waals surface area contributed by atoms with E-state index in [1.54, 1.807) is 7.11 Å². The molecular formula is C14H16N2O3. The molecule has 1 aliphatic heterocycles. The van der Waals surface area contributed by atoms with Crippen molar-refractivity contribution in [2.45, 2.75) is 13.0 Å². The molecule has 100 valence electrons. The van der Waals surface area contributed by atoms with Gasteiger partial charge < -0.3 is 19.9 Å². The molecule has 0 fully saturated rings. The van der Waals surface area contributed by atoms with Crippen LogP contribution in [0.4, 0.5) is 5.69 Å². The lowest BCUT2D eigenvalue weighted by Crippen LogP contribution is -1.98. The molecule has 1 aromatic heterocycles. The Bertz CT molecular complexity index is 613. The Hall–Kier alpha value is -2.01. The van der Waals surface area contributed by atoms with Gasteiger partial charge in [0.15, 0.2) is 11.5 Å². The Morgan fingerprint density at radius 1 is 1.21 bits per heavy atom. The van der Waals surface area contributed by atoms with Crippen LogP contribution in [0.2, 0.25) is 0 Å². The summed E-state index contributed by atoms with van der Waals surface area (Å²) in [7, 11) is 1.63. The molecule has 0 radical (unpaired) electrons. The molecule has 0 saturated carbocycles. The number of hydrogen-bond acceptors (Lipinski definition) is 5. The van der Waals surface area contributed by atoms with Crippen LogP contribution in [0, 0.1) is 0 Å². The first-order chi connectivity index (χ1) is 9.28. The van der Waals surface area contributed by atoms with Gasteiger partial charge >= 0.3 is 0 Å². The van der Waals surface area contributed by atoms with Gasteiger partial charge in [-0.3, -0.25) is 4.98 Å². The number of nitrogens with zero attached hydrogens (tertiary/aromatic N) is 1. The highest BCUT2D eigenvalue weighted by Crippen LogP contribution is 2.35. The first kappa shape index (κ1) is 12.0. The van der Waals surface area contributed by atoms with Crippen LogP contribution in [0.1, 0.15) is 12.1 Å². The van der Waals surface area contributed by atoms with E-state index in [0.717, 1.165) is 34.5 Å². The zero-order chi connectivity index (χ0) is 13.2. The summed E-state index contributed by atoms with van der Waals surface area (Å²) in [6, 6.07) is 5.61. The second kappa shape index (κ2) is 4.93. The molecule has 1 aliphatic rings. The number of fused-ring (bicyclic) bond motifs is 2. The molecule has 19 heavy (non-hydrogen) atoms. The zero-order valence-corrected chi connectivity index (χ0v) is 10.8. The molecule has 2 heterocycles. The number of ether oxygens (including phenoxy) is 3. The molecule has 0 spiro atoms. The minimum atomic E-state index is 0.439. The van der Waals surface area contributed by atoms with E-state index >= 15 is 0 Å². The lowest BCUT2D eigenvalue weighted by Gasteiger charge is -2.11. The smallest absolute Gasteiger partial charge is 0.163 e. The summed E-state index contributed by atoms with van der Waals surface area (Å²) >= 11 is 0. The van der Waals surface area contributed by atoms with Gasteiger partial charge in [0.25, 0.3) is 0 Å². The third kappa shape index (κ3) is 2.29. The summed E-state index contributed by atoms with van der Waals surface area (Å²) in [6.45, 7) is 1.76. The monoisotopic (exact) mass is 260 g/mol. The van der Waals surface area contributed by atoms with Crippen LogP contribution < -0.4 is 15.2 Å². The SMILES string of the molecule is COCc1cc(N)c2cc3c(cc2n1)OCCCO3. The normalized spacial score (nSPS) is 14.4. The Morgan fingerprint density at radius 3 is 2.68 bits per heavy atom. The molecule has 2 N–H and O–H groups in total. The lowest BCUT2D eigenvalue weighted by atomic mass is 10.1. The minimum absolute atomic E-state index is 0.439. The van der Waals surface area contributed by atoms with Gasteiger partial charge in [-0.25, -0.2) is 0 Å². The van der Waals surface area contributed by atoms with E-state index in [1.165, 1.54) is 0 Å². The van der Waals surface area contributed by atoms with Crippen molar-refractivity contribution in [3.63, 3.8) is 0 Å². The Morgan fingerprint density at radius 2 is 1.95 bits per heavy atom. The largest absolute Gasteiger partial charge is 0.490 e. The van der Waals surface area contributed by atoms with Crippen LogP contribution in [0.15, 0.2) is 18.2 Å². The molecule has 2 aromatic rings. The molecule has 0 atom stereocenters. The number of hydrogen-bond donors (Lipinski definition) is 1.